The highest BCUT2D eigenvalue weighted by atomic mass is 32.1. The first-order chi connectivity index (χ1) is 12.2. The van der Waals surface area contributed by atoms with Gasteiger partial charge in [-0.25, -0.2) is 4.98 Å². The molecule has 0 unspecified atom stereocenters. The van der Waals surface area contributed by atoms with Crippen molar-refractivity contribution in [3.05, 3.63) is 47.0 Å². The maximum Gasteiger partial charge on any atom is 0.274 e. The fourth-order valence-electron chi connectivity index (χ4n) is 4.25. The Kier molecular flexibility index (Phi) is 3.74. The number of aryl methyl sites for hydroxylation is 3. The van der Waals surface area contributed by atoms with Crippen molar-refractivity contribution in [2.75, 3.05) is 6.54 Å². The van der Waals surface area contributed by atoms with Crippen LogP contribution in [0, 0.1) is 39.0 Å². The zero-order valence-electron chi connectivity index (χ0n) is 15.2. The molecule has 2 amide bonds. The molecule has 1 aliphatic heterocycles. The van der Waals surface area contributed by atoms with Crippen LogP contribution < -0.4 is 5.73 Å². The molecule has 1 saturated heterocycles. The van der Waals surface area contributed by atoms with Crippen LogP contribution in [0.25, 0.3) is 10.4 Å². The molecule has 1 aliphatic carbocycles. The Bertz CT molecular complexity index is 915. The van der Waals surface area contributed by atoms with Gasteiger partial charge in [-0.1, -0.05) is 29.3 Å². The van der Waals surface area contributed by atoms with Gasteiger partial charge in [-0.15, -0.1) is 11.3 Å². The highest BCUT2D eigenvalue weighted by Gasteiger charge is 2.68. The van der Waals surface area contributed by atoms with Crippen LogP contribution >= 0.6 is 11.3 Å². The number of fused-ring (bicyclic) bond motifs is 1. The number of piperidine rings is 1. The maximum absolute atomic E-state index is 13.2. The summed E-state index contributed by atoms with van der Waals surface area (Å²) in [6.07, 6.45) is 0.736. The Morgan fingerprint density at radius 3 is 2.50 bits per heavy atom. The molecule has 0 spiro atoms. The first kappa shape index (κ1) is 17.2. The Morgan fingerprint density at radius 2 is 1.92 bits per heavy atom. The van der Waals surface area contributed by atoms with E-state index < -0.39 is 5.41 Å². The zero-order valence-corrected chi connectivity index (χ0v) is 16.0. The van der Waals surface area contributed by atoms with Crippen LogP contribution in [0.15, 0.2) is 18.2 Å². The van der Waals surface area contributed by atoms with E-state index in [4.69, 9.17) is 5.73 Å². The number of carbonyl (C=O) groups excluding carboxylic acids is 2. The van der Waals surface area contributed by atoms with Gasteiger partial charge in [-0.3, -0.25) is 9.59 Å². The highest BCUT2D eigenvalue weighted by molar-refractivity contribution is 7.15. The molecule has 2 heterocycles. The molecule has 1 aromatic carbocycles. The number of benzene rings is 1. The van der Waals surface area contributed by atoms with E-state index in [2.05, 4.69) is 30.1 Å². The highest BCUT2D eigenvalue weighted by Crippen LogP contribution is 2.60. The molecule has 1 saturated carbocycles. The number of carbonyl (C=O) groups is 2. The molecule has 1 aromatic heterocycles. The number of hydrogen-bond donors (Lipinski definition) is 1. The van der Waals surface area contributed by atoms with Crippen LogP contribution in [0.4, 0.5) is 0 Å². The van der Waals surface area contributed by atoms with E-state index in [1.807, 2.05) is 20.8 Å². The van der Waals surface area contributed by atoms with E-state index in [1.165, 1.54) is 11.3 Å². The number of primary amides is 1. The molecule has 3 atom stereocenters. The Labute approximate surface area is 157 Å². The second kappa shape index (κ2) is 5.64. The molecule has 2 aromatic rings. The third-order valence-corrected chi connectivity index (χ3v) is 6.64. The smallest absolute Gasteiger partial charge is 0.274 e. The van der Waals surface area contributed by atoms with E-state index in [1.54, 1.807) is 4.90 Å². The predicted molar refractivity (Wildman–Crippen MR) is 102 cm³/mol. The number of amides is 2. The summed E-state index contributed by atoms with van der Waals surface area (Å²) in [4.78, 5) is 32.1. The first-order valence-corrected chi connectivity index (χ1v) is 9.54. The van der Waals surface area contributed by atoms with E-state index >= 15 is 0 Å². The standard InChI is InChI=1S/C20H22N3O2S/c1-10-5-11(2)7-14(6-10)17-16(22-13(4)26-17)18(24)23-9-20(19(21)25)8-15(20)12(23)3/h5-7,12,15H,3,8-9H2,1-2,4H3,(H2,21,25)/t12-,15+,20-/m0/s1. The fourth-order valence-corrected chi connectivity index (χ4v) is 5.15. The zero-order chi connectivity index (χ0) is 18.8. The summed E-state index contributed by atoms with van der Waals surface area (Å²) in [5.41, 5.74) is 8.75. The van der Waals surface area contributed by atoms with Gasteiger partial charge < -0.3 is 10.6 Å². The number of nitrogens with zero attached hydrogens (tertiary/aromatic N) is 2. The van der Waals surface area contributed by atoms with E-state index in [0.717, 1.165) is 33.0 Å². The number of rotatable bonds is 3. The van der Waals surface area contributed by atoms with Gasteiger partial charge >= 0.3 is 0 Å². The molecule has 2 N–H and O–H groups in total. The molecular weight excluding hydrogens is 346 g/mol. The number of nitrogens with two attached hydrogens (primary N) is 1. The Balaban J connectivity index is 1.71. The monoisotopic (exact) mass is 368 g/mol. The van der Waals surface area contributed by atoms with E-state index in [0.29, 0.717) is 12.2 Å². The maximum atomic E-state index is 13.2. The molecule has 0 bridgehead atoms. The average Bonchev–Trinajstić information content (AvgIpc) is 3.06. The van der Waals surface area contributed by atoms with Crippen molar-refractivity contribution < 1.29 is 9.59 Å². The molecule has 5 nitrogen and oxygen atoms in total. The summed E-state index contributed by atoms with van der Waals surface area (Å²) in [7, 11) is 0. The van der Waals surface area contributed by atoms with E-state index in [-0.39, 0.29) is 23.8 Å². The van der Waals surface area contributed by atoms with Crippen molar-refractivity contribution in [1.29, 1.82) is 0 Å². The van der Waals surface area contributed by atoms with Gasteiger partial charge in [0.05, 0.1) is 15.3 Å². The first-order valence-electron chi connectivity index (χ1n) is 8.73. The summed E-state index contributed by atoms with van der Waals surface area (Å²) in [6.45, 7) is 10.5. The molecule has 2 aliphatic rings. The van der Waals surface area contributed by atoms with Crippen molar-refractivity contribution in [3.8, 4) is 10.4 Å². The van der Waals surface area contributed by atoms with Gasteiger partial charge in [-0.2, -0.15) is 0 Å². The Morgan fingerprint density at radius 1 is 1.27 bits per heavy atom. The van der Waals surface area contributed by atoms with E-state index in [9.17, 15) is 9.59 Å². The summed E-state index contributed by atoms with van der Waals surface area (Å²) in [5.74, 6) is -0.403. The summed E-state index contributed by atoms with van der Waals surface area (Å²) in [5, 5.41) is 0.845. The lowest BCUT2D eigenvalue weighted by molar-refractivity contribution is -0.123. The van der Waals surface area contributed by atoms with Gasteiger partial charge in [-0.05, 0) is 45.6 Å². The number of hydrogen-bond acceptors (Lipinski definition) is 4. The SMILES string of the molecule is [CH2][C@H]1[C@H]2C[C@]2(C(N)=O)CN1C(=O)c1nc(C)sc1-c1cc(C)cc(C)c1. The normalized spacial score (nSPS) is 26.7. The second-order valence-electron chi connectivity index (χ2n) is 7.62. The van der Waals surface area contributed by atoms with Gasteiger partial charge in [0.2, 0.25) is 5.91 Å². The number of likely N-dealkylation sites (tertiary alicyclic amines) is 1. The van der Waals surface area contributed by atoms with Crippen molar-refractivity contribution >= 4 is 23.2 Å². The number of aromatic nitrogens is 1. The van der Waals surface area contributed by atoms with Crippen molar-refractivity contribution in [2.45, 2.75) is 33.2 Å². The lowest BCUT2D eigenvalue weighted by atomic mass is 10.0. The molecule has 4 rings (SSSR count). The van der Waals surface area contributed by atoms with Crippen LogP contribution in [-0.2, 0) is 4.79 Å². The fraction of sp³-hybridized carbons (Fsp3) is 0.400. The lowest BCUT2D eigenvalue weighted by Crippen LogP contribution is -2.39. The Hall–Kier alpha value is -2.21. The van der Waals surface area contributed by atoms with Gasteiger partial charge in [0.25, 0.3) is 5.91 Å². The molecule has 26 heavy (non-hydrogen) atoms. The third-order valence-electron chi connectivity index (χ3n) is 5.62. The van der Waals surface area contributed by atoms with Crippen molar-refractivity contribution in [2.24, 2.45) is 17.1 Å². The minimum Gasteiger partial charge on any atom is -0.369 e. The van der Waals surface area contributed by atoms with Crippen LogP contribution in [-0.4, -0.2) is 34.3 Å². The second-order valence-corrected chi connectivity index (χ2v) is 8.82. The predicted octanol–water partition coefficient (Wildman–Crippen LogP) is 2.89. The van der Waals surface area contributed by atoms with Gasteiger partial charge in [0, 0.05) is 12.6 Å². The average molecular weight is 368 g/mol. The lowest BCUT2D eigenvalue weighted by Gasteiger charge is -2.24. The summed E-state index contributed by atoms with van der Waals surface area (Å²) in [6, 6.07) is 6.02. The van der Waals surface area contributed by atoms with Gasteiger partial charge in [0.1, 0.15) is 5.69 Å². The van der Waals surface area contributed by atoms with Crippen molar-refractivity contribution in [1.82, 2.24) is 9.88 Å². The van der Waals surface area contributed by atoms with Gasteiger partial charge in [0.15, 0.2) is 0 Å². The minimum absolute atomic E-state index is 0.0772. The van der Waals surface area contributed by atoms with Crippen molar-refractivity contribution in [3.63, 3.8) is 0 Å². The molecule has 6 heteroatoms. The van der Waals surface area contributed by atoms with Crippen LogP contribution in [0.2, 0.25) is 0 Å². The van der Waals surface area contributed by atoms with Crippen LogP contribution in [0.3, 0.4) is 0 Å². The number of thiazole rings is 1. The quantitative estimate of drug-likeness (QED) is 0.905. The van der Waals surface area contributed by atoms with Crippen LogP contribution in [0.5, 0.6) is 0 Å². The summed E-state index contributed by atoms with van der Waals surface area (Å²) < 4.78 is 0. The molecule has 1 radical (unpaired) electrons. The molecular formula is C20H22N3O2S. The third kappa shape index (κ3) is 2.47. The minimum atomic E-state index is -0.576. The molecule has 135 valence electrons. The largest absolute Gasteiger partial charge is 0.369 e. The van der Waals surface area contributed by atoms with Crippen LogP contribution in [0.1, 0.15) is 33.0 Å². The summed E-state index contributed by atoms with van der Waals surface area (Å²) >= 11 is 1.52. The molecule has 2 fully saturated rings. The topological polar surface area (TPSA) is 76.3 Å².